The van der Waals surface area contributed by atoms with E-state index in [4.69, 9.17) is 10.7 Å². The molecule has 0 aliphatic carbocycles. The first-order valence-corrected chi connectivity index (χ1v) is 5.80. The highest BCUT2D eigenvalue weighted by molar-refractivity contribution is 8.13. The molecule has 0 radical (unpaired) electrons. The van der Waals surface area contributed by atoms with Crippen LogP contribution in [0, 0.1) is 6.92 Å². The van der Waals surface area contributed by atoms with Crippen LogP contribution in [0.1, 0.15) is 11.3 Å². The molecular formula is C7H8ClNO2S. The van der Waals surface area contributed by atoms with Gasteiger partial charge in [0.05, 0.1) is 5.75 Å². The molecule has 0 saturated carbocycles. The summed E-state index contributed by atoms with van der Waals surface area (Å²) in [7, 11) is 1.62. The Morgan fingerprint density at radius 1 is 1.58 bits per heavy atom. The average Bonchev–Trinajstić information content (AvgIpc) is 1.91. The zero-order valence-electron chi connectivity index (χ0n) is 6.49. The normalized spacial score (nSPS) is 11.5. The van der Waals surface area contributed by atoms with Crippen molar-refractivity contribution in [2.45, 2.75) is 12.7 Å². The van der Waals surface area contributed by atoms with Crippen molar-refractivity contribution in [2.24, 2.45) is 0 Å². The van der Waals surface area contributed by atoms with Crippen LogP contribution in [0.5, 0.6) is 0 Å². The number of rotatable bonds is 2. The van der Waals surface area contributed by atoms with Crippen molar-refractivity contribution in [3.05, 3.63) is 29.6 Å². The van der Waals surface area contributed by atoms with Crippen LogP contribution in [-0.4, -0.2) is 13.4 Å². The van der Waals surface area contributed by atoms with Gasteiger partial charge in [-0.2, -0.15) is 0 Å². The minimum atomic E-state index is -3.47. The lowest BCUT2D eigenvalue weighted by Gasteiger charge is -2.00. The van der Waals surface area contributed by atoms with Gasteiger partial charge < -0.3 is 0 Å². The fourth-order valence-corrected chi connectivity index (χ4v) is 1.89. The average molecular weight is 206 g/mol. The molecule has 0 bridgehead atoms. The first-order chi connectivity index (χ1) is 5.49. The van der Waals surface area contributed by atoms with E-state index in [9.17, 15) is 8.42 Å². The van der Waals surface area contributed by atoms with Crippen molar-refractivity contribution in [3.8, 4) is 0 Å². The summed E-state index contributed by atoms with van der Waals surface area (Å²) in [6.07, 6.45) is 1.61. The second-order valence-corrected chi connectivity index (χ2v) is 5.21. The van der Waals surface area contributed by atoms with E-state index < -0.39 is 9.05 Å². The summed E-state index contributed by atoms with van der Waals surface area (Å²) in [5.74, 6) is -0.159. The van der Waals surface area contributed by atoms with Gasteiger partial charge in [-0.05, 0) is 18.6 Å². The first-order valence-electron chi connectivity index (χ1n) is 3.32. The molecule has 0 saturated heterocycles. The lowest BCUT2D eigenvalue weighted by atomic mass is 10.2. The van der Waals surface area contributed by atoms with E-state index in [-0.39, 0.29) is 5.75 Å². The molecule has 0 fully saturated rings. The van der Waals surface area contributed by atoms with Crippen LogP contribution in [0.2, 0.25) is 0 Å². The van der Waals surface area contributed by atoms with Gasteiger partial charge in [0.15, 0.2) is 0 Å². The number of aromatic nitrogens is 1. The lowest BCUT2D eigenvalue weighted by molar-refractivity contribution is 0.608. The molecule has 1 aromatic heterocycles. The molecule has 0 N–H and O–H groups in total. The summed E-state index contributed by atoms with van der Waals surface area (Å²) in [6.45, 7) is 1.75. The SMILES string of the molecule is Cc1ncccc1CS(=O)(=O)Cl. The quantitative estimate of drug-likeness (QED) is 0.687. The maximum absolute atomic E-state index is 10.7. The largest absolute Gasteiger partial charge is 0.261 e. The van der Waals surface area contributed by atoms with Crippen molar-refractivity contribution >= 4 is 19.7 Å². The molecule has 5 heteroatoms. The summed E-state index contributed by atoms with van der Waals surface area (Å²) in [5.41, 5.74) is 1.34. The molecule has 0 aliphatic heterocycles. The molecule has 0 aliphatic rings. The maximum atomic E-state index is 10.7. The minimum Gasteiger partial charge on any atom is -0.261 e. The second-order valence-electron chi connectivity index (χ2n) is 2.43. The van der Waals surface area contributed by atoms with Gasteiger partial charge in [0, 0.05) is 22.6 Å². The summed E-state index contributed by atoms with van der Waals surface area (Å²) < 4.78 is 21.4. The Kier molecular flexibility index (Phi) is 2.69. The van der Waals surface area contributed by atoms with Crippen molar-refractivity contribution < 1.29 is 8.42 Å². The van der Waals surface area contributed by atoms with Gasteiger partial charge in [-0.3, -0.25) is 4.98 Å². The van der Waals surface area contributed by atoms with Gasteiger partial charge in [0.25, 0.3) is 0 Å². The van der Waals surface area contributed by atoms with Gasteiger partial charge in [-0.1, -0.05) is 6.07 Å². The van der Waals surface area contributed by atoms with Crippen LogP contribution >= 0.6 is 10.7 Å². The molecule has 66 valence electrons. The van der Waals surface area contributed by atoms with E-state index >= 15 is 0 Å². The van der Waals surface area contributed by atoms with E-state index in [1.807, 2.05) is 0 Å². The lowest BCUT2D eigenvalue weighted by Crippen LogP contribution is -1.98. The summed E-state index contributed by atoms with van der Waals surface area (Å²) in [6, 6.07) is 3.38. The van der Waals surface area contributed by atoms with E-state index in [0.717, 1.165) is 0 Å². The van der Waals surface area contributed by atoms with Gasteiger partial charge in [-0.25, -0.2) is 8.42 Å². The number of hydrogen-bond donors (Lipinski definition) is 0. The molecule has 1 rings (SSSR count). The number of hydrogen-bond acceptors (Lipinski definition) is 3. The molecule has 0 unspecified atom stereocenters. The molecule has 12 heavy (non-hydrogen) atoms. The summed E-state index contributed by atoms with van der Waals surface area (Å²) >= 11 is 0. The summed E-state index contributed by atoms with van der Waals surface area (Å²) in [4.78, 5) is 3.94. The van der Waals surface area contributed by atoms with E-state index in [2.05, 4.69) is 4.98 Å². The molecule has 0 spiro atoms. The Balaban J connectivity index is 2.98. The van der Waals surface area contributed by atoms with E-state index in [0.29, 0.717) is 11.3 Å². The van der Waals surface area contributed by atoms with Crippen molar-refractivity contribution in [1.82, 2.24) is 4.98 Å². The van der Waals surface area contributed by atoms with Crippen LogP contribution in [0.3, 0.4) is 0 Å². The fraction of sp³-hybridized carbons (Fsp3) is 0.286. The molecule has 0 atom stereocenters. The van der Waals surface area contributed by atoms with Gasteiger partial charge >= 0.3 is 0 Å². The smallest absolute Gasteiger partial charge is 0.236 e. The fourth-order valence-electron chi connectivity index (χ4n) is 0.856. The molecule has 0 aromatic carbocycles. The zero-order chi connectivity index (χ0) is 9.19. The highest BCUT2D eigenvalue weighted by Crippen LogP contribution is 2.11. The van der Waals surface area contributed by atoms with Gasteiger partial charge in [-0.15, -0.1) is 0 Å². The monoisotopic (exact) mass is 205 g/mol. The third-order valence-corrected chi connectivity index (χ3v) is 2.43. The van der Waals surface area contributed by atoms with Crippen LogP contribution < -0.4 is 0 Å². The third-order valence-electron chi connectivity index (χ3n) is 1.44. The molecule has 1 heterocycles. The topological polar surface area (TPSA) is 47.0 Å². The molecular weight excluding hydrogens is 198 g/mol. The van der Waals surface area contributed by atoms with E-state index in [1.54, 1.807) is 25.3 Å². The molecule has 1 aromatic rings. The zero-order valence-corrected chi connectivity index (χ0v) is 8.06. The van der Waals surface area contributed by atoms with Crippen LogP contribution in [0.25, 0.3) is 0 Å². The van der Waals surface area contributed by atoms with Crippen molar-refractivity contribution in [3.63, 3.8) is 0 Å². The van der Waals surface area contributed by atoms with Crippen molar-refractivity contribution in [2.75, 3.05) is 0 Å². The van der Waals surface area contributed by atoms with Crippen LogP contribution in [0.15, 0.2) is 18.3 Å². The molecule has 3 nitrogen and oxygen atoms in total. The van der Waals surface area contributed by atoms with Gasteiger partial charge in [0.1, 0.15) is 0 Å². The predicted octanol–water partition coefficient (Wildman–Crippen LogP) is 1.46. The number of aryl methyl sites for hydroxylation is 1. The third kappa shape index (κ3) is 2.79. The minimum absolute atomic E-state index is 0.159. The maximum Gasteiger partial charge on any atom is 0.236 e. The number of pyridine rings is 1. The first kappa shape index (κ1) is 9.48. The van der Waals surface area contributed by atoms with Gasteiger partial charge in [0.2, 0.25) is 9.05 Å². The number of nitrogens with zero attached hydrogens (tertiary/aromatic N) is 1. The Hall–Kier alpha value is -0.610. The highest BCUT2D eigenvalue weighted by atomic mass is 35.7. The summed E-state index contributed by atoms with van der Waals surface area (Å²) in [5, 5.41) is 0. The Labute approximate surface area is 75.8 Å². The Morgan fingerprint density at radius 3 is 2.75 bits per heavy atom. The Bertz CT molecular complexity index is 375. The standard InChI is InChI=1S/C7H8ClNO2S/c1-6-7(3-2-4-9-6)5-12(8,10)11/h2-4H,5H2,1H3. The number of halogens is 1. The van der Waals surface area contributed by atoms with E-state index in [1.165, 1.54) is 0 Å². The second kappa shape index (κ2) is 3.41. The van der Waals surface area contributed by atoms with Crippen LogP contribution in [0.4, 0.5) is 0 Å². The van der Waals surface area contributed by atoms with Crippen LogP contribution in [-0.2, 0) is 14.8 Å². The van der Waals surface area contributed by atoms with Crippen molar-refractivity contribution in [1.29, 1.82) is 0 Å². The molecule has 0 amide bonds. The highest BCUT2D eigenvalue weighted by Gasteiger charge is 2.08. The predicted molar refractivity (Wildman–Crippen MR) is 47.5 cm³/mol. The Morgan fingerprint density at radius 2 is 2.25 bits per heavy atom.